The largest absolute Gasteiger partial charge is 0.348 e. The molecule has 102 valence electrons. The first-order valence-electron chi connectivity index (χ1n) is 6.86. The van der Waals surface area contributed by atoms with E-state index in [-0.39, 0.29) is 0 Å². The van der Waals surface area contributed by atoms with Crippen LogP contribution in [0.1, 0.15) is 40.9 Å². The standard InChI is InChI=1S/C16H23N3/c1-11-7-13(3)16(8-12(11)2)14(4)18-6-5-15-9-17-10-19-15/h7-10,14,18H,5-6H2,1-4H3,(H,17,19). The summed E-state index contributed by atoms with van der Waals surface area (Å²) in [6, 6.07) is 4.96. The van der Waals surface area contributed by atoms with Crippen LogP contribution >= 0.6 is 0 Å². The molecule has 1 unspecified atom stereocenters. The van der Waals surface area contributed by atoms with Crippen LogP contribution in [0.15, 0.2) is 24.7 Å². The number of hydrogen-bond acceptors (Lipinski definition) is 2. The highest BCUT2D eigenvalue weighted by Crippen LogP contribution is 2.21. The van der Waals surface area contributed by atoms with Crippen LogP contribution in [-0.2, 0) is 6.42 Å². The summed E-state index contributed by atoms with van der Waals surface area (Å²) in [6.45, 7) is 9.71. The fourth-order valence-electron chi connectivity index (χ4n) is 2.40. The SMILES string of the molecule is Cc1cc(C)c(C(C)NCCc2cnc[nH]2)cc1C. The maximum atomic E-state index is 4.03. The maximum absolute atomic E-state index is 4.03. The number of nitrogens with zero attached hydrogens (tertiary/aromatic N) is 1. The second-order valence-electron chi connectivity index (χ2n) is 5.30. The van der Waals surface area contributed by atoms with Crippen molar-refractivity contribution in [3.63, 3.8) is 0 Å². The normalized spacial score (nSPS) is 12.6. The Morgan fingerprint density at radius 1 is 1.16 bits per heavy atom. The molecule has 0 saturated heterocycles. The lowest BCUT2D eigenvalue weighted by molar-refractivity contribution is 0.571. The topological polar surface area (TPSA) is 40.7 Å². The van der Waals surface area contributed by atoms with E-state index in [0.29, 0.717) is 6.04 Å². The summed E-state index contributed by atoms with van der Waals surface area (Å²) in [7, 11) is 0. The van der Waals surface area contributed by atoms with Gasteiger partial charge in [-0.15, -0.1) is 0 Å². The second kappa shape index (κ2) is 6.02. The molecular formula is C16H23N3. The Hall–Kier alpha value is -1.61. The Balaban J connectivity index is 1.96. The smallest absolute Gasteiger partial charge is 0.0921 e. The minimum Gasteiger partial charge on any atom is -0.348 e. The first-order valence-corrected chi connectivity index (χ1v) is 6.86. The van der Waals surface area contributed by atoms with Crippen LogP contribution in [-0.4, -0.2) is 16.5 Å². The van der Waals surface area contributed by atoms with Crippen LogP contribution < -0.4 is 5.32 Å². The molecule has 0 radical (unpaired) electrons. The van der Waals surface area contributed by atoms with Crippen molar-refractivity contribution >= 4 is 0 Å². The van der Waals surface area contributed by atoms with Gasteiger partial charge in [-0.3, -0.25) is 0 Å². The molecule has 0 aliphatic carbocycles. The summed E-state index contributed by atoms with van der Waals surface area (Å²) >= 11 is 0. The van der Waals surface area contributed by atoms with Gasteiger partial charge in [0.1, 0.15) is 0 Å². The predicted octanol–water partition coefficient (Wildman–Crippen LogP) is 3.23. The third-order valence-electron chi connectivity index (χ3n) is 3.75. The molecule has 1 aromatic carbocycles. The highest BCUT2D eigenvalue weighted by Gasteiger charge is 2.09. The zero-order valence-corrected chi connectivity index (χ0v) is 12.2. The van der Waals surface area contributed by atoms with Gasteiger partial charge in [0.15, 0.2) is 0 Å². The number of hydrogen-bond donors (Lipinski definition) is 2. The van der Waals surface area contributed by atoms with Crippen molar-refractivity contribution in [3.8, 4) is 0 Å². The third kappa shape index (κ3) is 3.44. The van der Waals surface area contributed by atoms with Crippen LogP contribution in [0.2, 0.25) is 0 Å². The van der Waals surface area contributed by atoms with Gasteiger partial charge < -0.3 is 10.3 Å². The third-order valence-corrected chi connectivity index (χ3v) is 3.75. The molecule has 2 N–H and O–H groups in total. The fraction of sp³-hybridized carbons (Fsp3) is 0.438. The Bertz CT molecular complexity index is 529. The first kappa shape index (κ1) is 13.8. The lowest BCUT2D eigenvalue weighted by Crippen LogP contribution is -2.22. The van der Waals surface area contributed by atoms with Crippen molar-refractivity contribution < 1.29 is 0 Å². The van der Waals surface area contributed by atoms with Crippen LogP contribution in [0.25, 0.3) is 0 Å². The van der Waals surface area contributed by atoms with Crippen molar-refractivity contribution in [1.29, 1.82) is 0 Å². The monoisotopic (exact) mass is 257 g/mol. The number of aromatic amines is 1. The Morgan fingerprint density at radius 2 is 1.89 bits per heavy atom. The van der Waals surface area contributed by atoms with Gasteiger partial charge in [-0.1, -0.05) is 12.1 Å². The molecule has 2 aromatic rings. The molecule has 1 heterocycles. The molecule has 1 atom stereocenters. The first-order chi connectivity index (χ1) is 9.08. The predicted molar refractivity (Wildman–Crippen MR) is 79.4 cm³/mol. The van der Waals surface area contributed by atoms with E-state index in [2.05, 4.69) is 55.1 Å². The van der Waals surface area contributed by atoms with E-state index in [0.717, 1.165) is 13.0 Å². The van der Waals surface area contributed by atoms with Crippen molar-refractivity contribution in [2.45, 2.75) is 40.2 Å². The van der Waals surface area contributed by atoms with E-state index in [1.165, 1.54) is 27.9 Å². The van der Waals surface area contributed by atoms with Gasteiger partial charge in [0.2, 0.25) is 0 Å². The van der Waals surface area contributed by atoms with Gasteiger partial charge in [0, 0.05) is 30.9 Å². The van der Waals surface area contributed by atoms with Crippen molar-refractivity contribution in [3.05, 3.63) is 52.6 Å². The molecule has 0 saturated carbocycles. The average Bonchev–Trinajstić information content (AvgIpc) is 2.86. The van der Waals surface area contributed by atoms with Gasteiger partial charge in [-0.2, -0.15) is 0 Å². The van der Waals surface area contributed by atoms with E-state index >= 15 is 0 Å². The number of rotatable bonds is 5. The molecule has 3 nitrogen and oxygen atoms in total. The molecule has 0 amide bonds. The molecule has 0 aliphatic rings. The van der Waals surface area contributed by atoms with Gasteiger partial charge in [0.05, 0.1) is 6.33 Å². The van der Waals surface area contributed by atoms with Crippen LogP contribution in [0.4, 0.5) is 0 Å². The molecule has 0 spiro atoms. The Morgan fingerprint density at radius 3 is 2.58 bits per heavy atom. The number of aromatic nitrogens is 2. The summed E-state index contributed by atoms with van der Waals surface area (Å²) < 4.78 is 0. The fourth-order valence-corrected chi connectivity index (χ4v) is 2.40. The molecule has 1 aromatic heterocycles. The molecule has 0 bridgehead atoms. The van der Waals surface area contributed by atoms with Crippen LogP contribution in [0.5, 0.6) is 0 Å². The zero-order chi connectivity index (χ0) is 13.8. The van der Waals surface area contributed by atoms with Crippen LogP contribution in [0.3, 0.4) is 0 Å². The van der Waals surface area contributed by atoms with Crippen molar-refractivity contribution in [2.75, 3.05) is 6.54 Å². The second-order valence-corrected chi connectivity index (χ2v) is 5.30. The minimum atomic E-state index is 0.377. The summed E-state index contributed by atoms with van der Waals surface area (Å²) in [5.41, 5.74) is 6.67. The summed E-state index contributed by atoms with van der Waals surface area (Å²) in [6.07, 6.45) is 4.59. The number of nitrogens with one attached hydrogen (secondary N) is 2. The summed E-state index contributed by atoms with van der Waals surface area (Å²) in [5, 5.41) is 3.58. The number of imidazole rings is 1. The zero-order valence-electron chi connectivity index (χ0n) is 12.2. The highest BCUT2D eigenvalue weighted by molar-refractivity contribution is 5.38. The Labute approximate surface area is 115 Å². The van der Waals surface area contributed by atoms with Gasteiger partial charge in [-0.25, -0.2) is 4.98 Å². The summed E-state index contributed by atoms with van der Waals surface area (Å²) in [5.74, 6) is 0. The molecular weight excluding hydrogens is 234 g/mol. The minimum absolute atomic E-state index is 0.377. The van der Waals surface area contributed by atoms with Crippen LogP contribution in [0, 0.1) is 20.8 Å². The van der Waals surface area contributed by atoms with E-state index in [9.17, 15) is 0 Å². The number of benzene rings is 1. The Kier molecular flexibility index (Phi) is 4.38. The van der Waals surface area contributed by atoms with E-state index in [1.807, 2.05) is 6.20 Å². The lowest BCUT2D eigenvalue weighted by atomic mass is 9.96. The lowest BCUT2D eigenvalue weighted by Gasteiger charge is -2.18. The molecule has 0 aliphatic heterocycles. The molecule has 2 rings (SSSR count). The molecule has 19 heavy (non-hydrogen) atoms. The maximum Gasteiger partial charge on any atom is 0.0921 e. The number of H-pyrrole nitrogens is 1. The average molecular weight is 257 g/mol. The highest BCUT2D eigenvalue weighted by atomic mass is 14.9. The van der Waals surface area contributed by atoms with Crippen molar-refractivity contribution in [2.24, 2.45) is 0 Å². The van der Waals surface area contributed by atoms with Gasteiger partial charge in [0.25, 0.3) is 0 Å². The van der Waals surface area contributed by atoms with E-state index < -0.39 is 0 Å². The van der Waals surface area contributed by atoms with E-state index in [4.69, 9.17) is 0 Å². The number of aryl methyl sites for hydroxylation is 3. The van der Waals surface area contributed by atoms with Gasteiger partial charge >= 0.3 is 0 Å². The molecule has 3 heteroatoms. The van der Waals surface area contributed by atoms with Crippen molar-refractivity contribution in [1.82, 2.24) is 15.3 Å². The quantitative estimate of drug-likeness (QED) is 0.863. The van der Waals surface area contributed by atoms with E-state index in [1.54, 1.807) is 6.33 Å². The van der Waals surface area contributed by atoms with Gasteiger partial charge in [-0.05, 0) is 49.9 Å². The summed E-state index contributed by atoms with van der Waals surface area (Å²) in [4.78, 5) is 7.16. The molecule has 0 fully saturated rings.